The summed E-state index contributed by atoms with van der Waals surface area (Å²) in [5.74, 6) is 0.805. The van der Waals surface area contributed by atoms with Gasteiger partial charge in [0.05, 0.1) is 36.7 Å². The Bertz CT molecular complexity index is 891. The second-order valence-corrected chi connectivity index (χ2v) is 5.67. The molecule has 1 aliphatic carbocycles. The van der Waals surface area contributed by atoms with Gasteiger partial charge in [-0.3, -0.25) is 0 Å². The van der Waals surface area contributed by atoms with Crippen molar-refractivity contribution >= 4 is 16.9 Å². The first-order valence-corrected chi connectivity index (χ1v) is 7.74. The SMILES string of the molecule is N#CCCn1ncc2c(N[C@@H]3CCc4ccccc43)ncnc21. The van der Waals surface area contributed by atoms with Crippen molar-refractivity contribution in [2.24, 2.45) is 0 Å². The predicted octanol–water partition coefficient (Wildman–Crippen LogP) is 2.84. The molecule has 1 N–H and O–H groups in total. The fourth-order valence-electron chi connectivity index (χ4n) is 3.20. The van der Waals surface area contributed by atoms with Crippen LogP contribution in [-0.4, -0.2) is 19.7 Å². The van der Waals surface area contributed by atoms with E-state index in [9.17, 15) is 0 Å². The van der Waals surface area contributed by atoms with Crippen molar-refractivity contribution in [1.29, 1.82) is 5.26 Å². The molecule has 0 spiro atoms. The largest absolute Gasteiger partial charge is 0.363 e. The summed E-state index contributed by atoms with van der Waals surface area (Å²) in [5.41, 5.74) is 3.51. The zero-order valence-corrected chi connectivity index (χ0v) is 12.6. The van der Waals surface area contributed by atoms with Crippen LogP contribution in [0.2, 0.25) is 0 Å². The maximum Gasteiger partial charge on any atom is 0.163 e. The highest BCUT2D eigenvalue weighted by Crippen LogP contribution is 2.34. The number of nitriles is 1. The van der Waals surface area contributed by atoms with E-state index in [-0.39, 0.29) is 6.04 Å². The molecule has 3 aromatic rings. The second kappa shape index (κ2) is 5.69. The summed E-state index contributed by atoms with van der Waals surface area (Å²) in [6, 6.07) is 10.9. The zero-order chi connectivity index (χ0) is 15.6. The molecule has 114 valence electrons. The molecule has 0 amide bonds. The summed E-state index contributed by atoms with van der Waals surface area (Å²) in [6.07, 6.45) is 5.89. The minimum Gasteiger partial charge on any atom is -0.363 e. The van der Waals surface area contributed by atoms with Gasteiger partial charge in [-0.1, -0.05) is 24.3 Å². The Morgan fingerprint density at radius 2 is 2.22 bits per heavy atom. The summed E-state index contributed by atoms with van der Waals surface area (Å²) in [4.78, 5) is 8.71. The van der Waals surface area contributed by atoms with E-state index >= 15 is 0 Å². The molecule has 2 aromatic heterocycles. The van der Waals surface area contributed by atoms with E-state index in [0.717, 1.165) is 29.7 Å². The molecule has 6 nitrogen and oxygen atoms in total. The minimum atomic E-state index is 0.270. The summed E-state index contributed by atoms with van der Waals surface area (Å²) < 4.78 is 1.76. The molecule has 0 saturated carbocycles. The van der Waals surface area contributed by atoms with Gasteiger partial charge in [0.15, 0.2) is 5.65 Å². The first kappa shape index (κ1) is 13.7. The molecule has 0 saturated heterocycles. The Hall–Kier alpha value is -2.94. The van der Waals surface area contributed by atoms with Crippen molar-refractivity contribution < 1.29 is 0 Å². The molecule has 6 heteroatoms. The molecule has 0 unspecified atom stereocenters. The van der Waals surface area contributed by atoms with Crippen LogP contribution in [0.25, 0.3) is 11.0 Å². The van der Waals surface area contributed by atoms with Gasteiger partial charge in [0, 0.05) is 0 Å². The Morgan fingerprint density at radius 3 is 3.13 bits per heavy atom. The number of rotatable bonds is 4. The van der Waals surface area contributed by atoms with Gasteiger partial charge in [0.2, 0.25) is 0 Å². The Morgan fingerprint density at radius 1 is 1.30 bits per heavy atom. The summed E-state index contributed by atoms with van der Waals surface area (Å²) in [5, 5.41) is 17.5. The maximum atomic E-state index is 8.74. The molecule has 23 heavy (non-hydrogen) atoms. The number of anilines is 1. The lowest BCUT2D eigenvalue weighted by atomic mass is 10.1. The molecule has 0 aliphatic heterocycles. The van der Waals surface area contributed by atoms with Crippen molar-refractivity contribution in [1.82, 2.24) is 19.7 Å². The number of aryl methyl sites for hydroxylation is 2. The first-order valence-electron chi connectivity index (χ1n) is 7.74. The van der Waals surface area contributed by atoms with Gasteiger partial charge in [-0.05, 0) is 24.0 Å². The van der Waals surface area contributed by atoms with Crippen LogP contribution in [0.1, 0.15) is 30.0 Å². The van der Waals surface area contributed by atoms with E-state index in [1.807, 2.05) is 0 Å². The van der Waals surface area contributed by atoms with Crippen LogP contribution in [-0.2, 0) is 13.0 Å². The second-order valence-electron chi connectivity index (χ2n) is 5.67. The standard InChI is InChI=1S/C17H16N6/c18-8-3-9-23-17-14(10-21-23)16(19-11-20-17)22-15-7-6-12-4-1-2-5-13(12)15/h1-2,4-5,10-11,15H,3,6-7,9H2,(H,19,20,22)/t15-/m1/s1. The fourth-order valence-corrected chi connectivity index (χ4v) is 3.20. The molecular formula is C17H16N6. The van der Waals surface area contributed by atoms with Crippen LogP contribution >= 0.6 is 0 Å². The van der Waals surface area contributed by atoms with E-state index in [1.165, 1.54) is 11.1 Å². The molecule has 1 atom stereocenters. The molecule has 0 bridgehead atoms. The molecule has 2 heterocycles. The van der Waals surface area contributed by atoms with Gasteiger partial charge >= 0.3 is 0 Å². The van der Waals surface area contributed by atoms with Crippen LogP contribution in [0.4, 0.5) is 5.82 Å². The van der Waals surface area contributed by atoms with Crippen molar-refractivity contribution in [3.63, 3.8) is 0 Å². The average Bonchev–Trinajstić information content (AvgIpc) is 3.18. The molecular weight excluding hydrogens is 288 g/mol. The Balaban J connectivity index is 1.65. The smallest absolute Gasteiger partial charge is 0.163 e. The van der Waals surface area contributed by atoms with Crippen molar-refractivity contribution in [2.45, 2.75) is 31.8 Å². The van der Waals surface area contributed by atoms with Gasteiger partial charge in [-0.2, -0.15) is 10.4 Å². The third-order valence-corrected chi connectivity index (χ3v) is 4.31. The lowest BCUT2D eigenvalue weighted by Gasteiger charge is -2.15. The molecule has 4 rings (SSSR count). The number of nitrogens with one attached hydrogen (secondary N) is 1. The van der Waals surface area contributed by atoms with E-state index < -0.39 is 0 Å². The van der Waals surface area contributed by atoms with E-state index in [0.29, 0.717) is 13.0 Å². The van der Waals surface area contributed by atoms with Crippen LogP contribution in [0.3, 0.4) is 0 Å². The van der Waals surface area contributed by atoms with Crippen LogP contribution in [0.5, 0.6) is 0 Å². The molecule has 0 radical (unpaired) electrons. The van der Waals surface area contributed by atoms with Crippen molar-refractivity contribution in [3.8, 4) is 6.07 Å². The third-order valence-electron chi connectivity index (χ3n) is 4.31. The van der Waals surface area contributed by atoms with E-state index in [2.05, 4.69) is 50.7 Å². The number of fused-ring (bicyclic) bond motifs is 2. The molecule has 0 fully saturated rings. The molecule has 1 aliphatic rings. The van der Waals surface area contributed by atoms with Gasteiger partial charge in [0.25, 0.3) is 0 Å². The van der Waals surface area contributed by atoms with Gasteiger partial charge in [-0.25, -0.2) is 14.6 Å². The highest BCUT2D eigenvalue weighted by atomic mass is 15.3. The lowest BCUT2D eigenvalue weighted by Crippen LogP contribution is -2.09. The lowest BCUT2D eigenvalue weighted by molar-refractivity contribution is 0.643. The number of aromatic nitrogens is 4. The fraction of sp³-hybridized carbons (Fsp3) is 0.294. The number of benzene rings is 1. The Kier molecular flexibility index (Phi) is 3.39. The normalized spacial score (nSPS) is 16.2. The first-order chi connectivity index (χ1) is 11.4. The quantitative estimate of drug-likeness (QED) is 0.801. The van der Waals surface area contributed by atoms with Crippen molar-refractivity contribution in [2.75, 3.05) is 5.32 Å². The highest BCUT2D eigenvalue weighted by molar-refractivity contribution is 5.86. The highest BCUT2D eigenvalue weighted by Gasteiger charge is 2.23. The average molecular weight is 304 g/mol. The maximum absolute atomic E-state index is 8.74. The van der Waals surface area contributed by atoms with Crippen LogP contribution < -0.4 is 5.32 Å². The number of nitrogens with zero attached hydrogens (tertiary/aromatic N) is 5. The summed E-state index contributed by atoms with van der Waals surface area (Å²) >= 11 is 0. The topological polar surface area (TPSA) is 79.4 Å². The van der Waals surface area contributed by atoms with Crippen LogP contribution in [0, 0.1) is 11.3 Å². The minimum absolute atomic E-state index is 0.270. The van der Waals surface area contributed by atoms with Gasteiger partial charge in [-0.15, -0.1) is 0 Å². The Labute approximate surface area is 133 Å². The van der Waals surface area contributed by atoms with Crippen molar-refractivity contribution in [3.05, 3.63) is 47.9 Å². The van der Waals surface area contributed by atoms with Crippen LogP contribution in [0.15, 0.2) is 36.8 Å². The van der Waals surface area contributed by atoms with E-state index in [4.69, 9.17) is 5.26 Å². The third kappa shape index (κ3) is 2.40. The molecule has 1 aromatic carbocycles. The number of hydrogen-bond donors (Lipinski definition) is 1. The number of hydrogen-bond acceptors (Lipinski definition) is 5. The van der Waals surface area contributed by atoms with Gasteiger partial charge < -0.3 is 5.32 Å². The predicted molar refractivity (Wildman–Crippen MR) is 86.7 cm³/mol. The summed E-state index contributed by atoms with van der Waals surface area (Å²) in [6.45, 7) is 0.544. The zero-order valence-electron chi connectivity index (χ0n) is 12.6. The van der Waals surface area contributed by atoms with Gasteiger partial charge in [0.1, 0.15) is 12.1 Å². The van der Waals surface area contributed by atoms with E-state index in [1.54, 1.807) is 17.2 Å². The summed E-state index contributed by atoms with van der Waals surface area (Å²) in [7, 11) is 0. The monoisotopic (exact) mass is 304 g/mol.